The maximum Gasteiger partial charge on any atom is 0.336 e. The van der Waals surface area contributed by atoms with Crippen LogP contribution in [0.5, 0.6) is 0 Å². The van der Waals surface area contributed by atoms with E-state index in [4.69, 9.17) is 9.47 Å². The van der Waals surface area contributed by atoms with Gasteiger partial charge in [0.2, 0.25) is 0 Å². The molecule has 1 aromatic heterocycles. The molecule has 0 spiro atoms. The lowest BCUT2D eigenvalue weighted by molar-refractivity contribution is -0.142. The highest BCUT2D eigenvalue weighted by molar-refractivity contribution is 6.11. The molecule has 4 rings (SSSR count). The summed E-state index contributed by atoms with van der Waals surface area (Å²) in [7, 11) is 0. The smallest absolute Gasteiger partial charge is 0.336 e. The van der Waals surface area contributed by atoms with Crippen LogP contribution in [0.2, 0.25) is 0 Å². The molecule has 6 nitrogen and oxygen atoms in total. The van der Waals surface area contributed by atoms with Gasteiger partial charge >= 0.3 is 5.97 Å². The average Bonchev–Trinajstić information content (AvgIpc) is 3.19. The molecule has 27 heavy (non-hydrogen) atoms. The van der Waals surface area contributed by atoms with Gasteiger partial charge < -0.3 is 9.47 Å². The molecule has 0 aromatic carbocycles. The van der Waals surface area contributed by atoms with Crippen molar-refractivity contribution in [2.45, 2.75) is 51.0 Å². The minimum atomic E-state index is -0.397. The van der Waals surface area contributed by atoms with Crippen LogP contribution in [0.4, 0.5) is 0 Å². The quantitative estimate of drug-likeness (QED) is 0.764. The number of ketones is 1. The van der Waals surface area contributed by atoms with E-state index in [0.29, 0.717) is 24.3 Å². The van der Waals surface area contributed by atoms with Crippen molar-refractivity contribution >= 4 is 17.5 Å². The van der Waals surface area contributed by atoms with Crippen molar-refractivity contribution in [3.8, 4) is 0 Å². The van der Waals surface area contributed by atoms with Gasteiger partial charge in [-0.1, -0.05) is 0 Å². The average molecular weight is 368 g/mol. The van der Waals surface area contributed by atoms with Gasteiger partial charge in [-0.3, -0.25) is 14.8 Å². The third-order valence-electron chi connectivity index (χ3n) is 5.62. The number of aliphatic imine (C=N–C) groups is 1. The van der Waals surface area contributed by atoms with Gasteiger partial charge in [-0.05, 0) is 50.3 Å². The second-order valence-corrected chi connectivity index (χ2v) is 7.39. The summed E-state index contributed by atoms with van der Waals surface area (Å²) in [5, 5.41) is 0. The highest BCUT2D eigenvalue weighted by Crippen LogP contribution is 2.42. The SMILES string of the molecule is CC1=C(C(=O)OC[C@H]2CCCO2)[C@H](c2ccncc2)[C@@H]2C(=O)CCCC2=N1. The van der Waals surface area contributed by atoms with Crippen molar-refractivity contribution in [3.63, 3.8) is 0 Å². The zero-order valence-corrected chi connectivity index (χ0v) is 15.5. The molecule has 1 saturated carbocycles. The molecular weight excluding hydrogens is 344 g/mol. The zero-order valence-electron chi connectivity index (χ0n) is 15.5. The zero-order chi connectivity index (χ0) is 18.8. The first-order valence-corrected chi connectivity index (χ1v) is 9.64. The highest BCUT2D eigenvalue weighted by atomic mass is 16.6. The number of carbonyl (C=O) groups excluding carboxylic acids is 2. The number of esters is 1. The van der Waals surface area contributed by atoms with E-state index >= 15 is 0 Å². The summed E-state index contributed by atoms with van der Waals surface area (Å²) in [5.41, 5.74) is 2.93. The second-order valence-electron chi connectivity index (χ2n) is 7.39. The van der Waals surface area contributed by atoms with Crippen LogP contribution in [-0.2, 0) is 19.1 Å². The molecule has 3 aliphatic rings. The predicted molar refractivity (Wildman–Crippen MR) is 99.4 cm³/mol. The molecule has 2 aliphatic heterocycles. The molecular formula is C21H24N2O4. The lowest BCUT2D eigenvalue weighted by atomic mass is 9.69. The first-order chi connectivity index (χ1) is 13.1. The van der Waals surface area contributed by atoms with Crippen LogP contribution in [0.25, 0.3) is 0 Å². The molecule has 1 aliphatic carbocycles. The fourth-order valence-electron chi connectivity index (χ4n) is 4.34. The highest BCUT2D eigenvalue weighted by Gasteiger charge is 2.43. The largest absolute Gasteiger partial charge is 0.460 e. The van der Waals surface area contributed by atoms with Crippen molar-refractivity contribution in [3.05, 3.63) is 41.4 Å². The molecule has 3 atom stereocenters. The van der Waals surface area contributed by atoms with E-state index in [0.717, 1.165) is 37.0 Å². The van der Waals surface area contributed by atoms with Gasteiger partial charge in [0.1, 0.15) is 12.4 Å². The number of rotatable bonds is 4. The lowest BCUT2D eigenvalue weighted by Crippen LogP contribution is -2.39. The van der Waals surface area contributed by atoms with Gasteiger partial charge in [-0.15, -0.1) is 0 Å². The van der Waals surface area contributed by atoms with Gasteiger partial charge in [0, 0.05) is 42.7 Å². The summed E-state index contributed by atoms with van der Waals surface area (Å²) < 4.78 is 11.1. The Kier molecular flexibility index (Phi) is 5.16. The van der Waals surface area contributed by atoms with Crippen LogP contribution in [0.1, 0.15) is 50.5 Å². The van der Waals surface area contributed by atoms with Gasteiger partial charge in [0.25, 0.3) is 0 Å². The van der Waals surface area contributed by atoms with Crippen LogP contribution in [0, 0.1) is 5.92 Å². The lowest BCUT2D eigenvalue weighted by Gasteiger charge is -2.35. The maximum atomic E-state index is 13.0. The first kappa shape index (κ1) is 18.0. The third-order valence-corrected chi connectivity index (χ3v) is 5.62. The Hall–Kier alpha value is -2.34. The molecule has 2 fully saturated rings. The van der Waals surface area contributed by atoms with Crippen LogP contribution < -0.4 is 0 Å². The molecule has 0 bridgehead atoms. The number of fused-ring (bicyclic) bond motifs is 1. The van der Waals surface area contributed by atoms with Crippen molar-refractivity contribution in [2.75, 3.05) is 13.2 Å². The summed E-state index contributed by atoms with van der Waals surface area (Å²) in [6.07, 6.45) is 7.40. The topological polar surface area (TPSA) is 77.9 Å². The van der Waals surface area contributed by atoms with Crippen LogP contribution >= 0.6 is 0 Å². The van der Waals surface area contributed by atoms with Crippen LogP contribution in [0.3, 0.4) is 0 Å². The minimum Gasteiger partial charge on any atom is -0.460 e. The summed E-state index contributed by atoms with van der Waals surface area (Å²) in [6.45, 7) is 2.79. The van der Waals surface area contributed by atoms with E-state index in [-0.39, 0.29) is 30.3 Å². The molecule has 1 aromatic rings. The molecule has 1 saturated heterocycles. The van der Waals surface area contributed by atoms with Crippen molar-refractivity contribution < 1.29 is 19.1 Å². The second kappa shape index (κ2) is 7.72. The van der Waals surface area contributed by atoms with E-state index in [1.807, 2.05) is 19.1 Å². The number of Topliss-reactive ketones (excluding diaryl/α,β-unsaturated/α-hetero) is 1. The van der Waals surface area contributed by atoms with Crippen LogP contribution in [0.15, 0.2) is 40.8 Å². The summed E-state index contributed by atoms with van der Waals surface area (Å²) >= 11 is 0. The number of hydrogen-bond donors (Lipinski definition) is 0. The molecule has 6 heteroatoms. The first-order valence-electron chi connectivity index (χ1n) is 9.64. The number of pyridine rings is 1. The number of allylic oxidation sites excluding steroid dienone is 1. The van der Waals surface area contributed by atoms with Gasteiger partial charge in [-0.25, -0.2) is 4.79 Å². The number of hydrogen-bond acceptors (Lipinski definition) is 6. The summed E-state index contributed by atoms with van der Waals surface area (Å²) in [4.78, 5) is 34.5. The van der Waals surface area contributed by atoms with E-state index in [9.17, 15) is 9.59 Å². The van der Waals surface area contributed by atoms with Crippen molar-refractivity contribution in [1.82, 2.24) is 4.98 Å². The number of aromatic nitrogens is 1. The molecule has 0 amide bonds. The van der Waals surface area contributed by atoms with E-state index < -0.39 is 5.97 Å². The van der Waals surface area contributed by atoms with E-state index in [1.54, 1.807) is 12.4 Å². The Morgan fingerprint density at radius 1 is 1.22 bits per heavy atom. The Balaban J connectivity index is 1.67. The fourth-order valence-corrected chi connectivity index (χ4v) is 4.34. The normalized spacial score (nSPS) is 28.0. The van der Waals surface area contributed by atoms with Gasteiger partial charge in [-0.2, -0.15) is 0 Å². The maximum absolute atomic E-state index is 13.0. The monoisotopic (exact) mass is 368 g/mol. The summed E-state index contributed by atoms with van der Waals surface area (Å²) in [6, 6.07) is 3.74. The Labute approximate surface area is 158 Å². The van der Waals surface area contributed by atoms with Crippen molar-refractivity contribution in [1.29, 1.82) is 0 Å². The molecule has 0 N–H and O–H groups in total. The number of ether oxygens (including phenoxy) is 2. The summed E-state index contributed by atoms with van der Waals surface area (Å²) in [5.74, 6) is -0.981. The van der Waals surface area contributed by atoms with Gasteiger partial charge in [0.05, 0.1) is 17.6 Å². The Morgan fingerprint density at radius 3 is 2.78 bits per heavy atom. The van der Waals surface area contributed by atoms with Crippen LogP contribution in [-0.4, -0.2) is 41.8 Å². The van der Waals surface area contributed by atoms with E-state index in [1.165, 1.54) is 0 Å². The molecule has 142 valence electrons. The van der Waals surface area contributed by atoms with E-state index in [2.05, 4.69) is 9.98 Å². The molecule has 3 heterocycles. The Morgan fingerprint density at radius 2 is 2.04 bits per heavy atom. The van der Waals surface area contributed by atoms with Crippen molar-refractivity contribution in [2.24, 2.45) is 10.9 Å². The molecule has 0 unspecified atom stereocenters. The fraction of sp³-hybridized carbons (Fsp3) is 0.524. The van der Waals surface area contributed by atoms with Gasteiger partial charge in [0.15, 0.2) is 0 Å². The number of nitrogens with zero attached hydrogens (tertiary/aromatic N) is 2. The molecule has 0 radical (unpaired) electrons. The number of carbonyl (C=O) groups is 2. The minimum absolute atomic E-state index is 0.0341. The standard InChI is InChI=1S/C21H24N2O4/c1-13-18(21(25)27-12-15-4-3-11-26-15)19(14-7-9-22-10-8-14)20-16(23-13)5-2-6-17(20)24/h7-10,15,19-20H,2-6,11-12H2,1H3/t15-,19+,20+/m1/s1. The Bertz CT molecular complexity index is 794. The third kappa shape index (κ3) is 3.58. The predicted octanol–water partition coefficient (Wildman–Crippen LogP) is 2.99.